The van der Waals surface area contributed by atoms with E-state index in [0.29, 0.717) is 26.1 Å². The lowest BCUT2D eigenvalue weighted by Crippen LogP contribution is -2.59. The van der Waals surface area contributed by atoms with Crippen molar-refractivity contribution >= 4 is 0 Å². The second-order valence-corrected chi connectivity index (χ2v) is 7.22. The lowest BCUT2D eigenvalue weighted by Gasteiger charge is -2.50. The van der Waals surface area contributed by atoms with Gasteiger partial charge in [0.25, 0.3) is 0 Å². The van der Waals surface area contributed by atoms with E-state index >= 15 is 0 Å². The summed E-state index contributed by atoms with van der Waals surface area (Å²) in [5.41, 5.74) is 1.06. The van der Waals surface area contributed by atoms with E-state index < -0.39 is 5.60 Å². The van der Waals surface area contributed by atoms with Gasteiger partial charge in [0.2, 0.25) is 0 Å². The van der Waals surface area contributed by atoms with Crippen molar-refractivity contribution < 1.29 is 9.84 Å². The molecular formula is C18H22N2O2. The number of hydrogen-bond donors (Lipinski definition) is 1. The fourth-order valence-corrected chi connectivity index (χ4v) is 4.07. The SMILES string of the molecule is CN1C2COCC1CC(O)(c1ccc(C3(C#N)CC3)cc1)C2. The molecule has 3 fully saturated rings. The monoisotopic (exact) mass is 298 g/mol. The lowest BCUT2D eigenvalue weighted by molar-refractivity contribution is -0.137. The average Bonchev–Trinajstić information content (AvgIpc) is 3.31. The zero-order chi connectivity index (χ0) is 15.4. The summed E-state index contributed by atoms with van der Waals surface area (Å²) in [6.45, 7) is 1.40. The van der Waals surface area contributed by atoms with E-state index in [1.54, 1.807) is 0 Å². The Morgan fingerprint density at radius 1 is 1.14 bits per heavy atom. The van der Waals surface area contributed by atoms with Crippen molar-refractivity contribution in [3.05, 3.63) is 35.4 Å². The van der Waals surface area contributed by atoms with Gasteiger partial charge in [0.15, 0.2) is 0 Å². The molecule has 1 aromatic carbocycles. The molecule has 3 aliphatic rings. The Balaban J connectivity index is 1.60. The smallest absolute Gasteiger partial charge is 0.0928 e. The predicted molar refractivity (Wildman–Crippen MR) is 82.3 cm³/mol. The molecule has 4 nitrogen and oxygen atoms in total. The van der Waals surface area contributed by atoms with Crippen LogP contribution in [0.4, 0.5) is 0 Å². The molecule has 0 spiro atoms. The molecule has 1 saturated carbocycles. The standard InChI is InChI=1S/C18H22N2O2/c1-20-15-8-18(21,9-16(20)11-22-10-15)14-4-2-13(3-5-14)17(12-19)6-7-17/h2-5,15-16,21H,6-11H2,1H3. The molecule has 22 heavy (non-hydrogen) atoms. The Morgan fingerprint density at radius 3 is 2.18 bits per heavy atom. The van der Waals surface area contributed by atoms with Gasteiger partial charge < -0.3 is 9.84 Å². The lowest BCUT2D eigenvalue weighted by atomic mass is 9.76. The van der Waals surface area contributed by atoms with Crippen LogP contribution in [0.3, 0.4) is 0 Å². The van der Waals surface area contributed by atoms with Crippen LogP contribution < -0.4 is 0 Å². The maximum absolute atomic E-state index is 11.2. The summed E-state index contributed by atoms with van der Waals surface area (Å²) in [7, 11) is 2.13. The molecule has 2 heterocycles. The van der Waals surface area contributed by atoms with Gasteiger partial charge in [-0.2, -0.15) is 5.26 Å². The van der Waals surface area contributed by atoms with Crippen LogP contribution in [0.25, 0.3) is 0 Å². The molecule has 1 aliphatic carbocycles. The number of nitrogens with zero attached hydrogens (tertiary/aromatic N) is 2. The summed E-state index contributed by atoms with van der Waals surface area (Å²) in [4.78, 5) is 2.35. The molecule has 0 radical (unpaired) electrons. The van der Waals surface area contributed by atoms with Gasteiger partial charge in [-0.05, 0) is 43.9 Å². The number of fused-ring (bicyclic) bond motifs is 2. The van der Waals surface area contributed by atoms with E-state index in [9.17, 15) is 10.4 Å². The number of piperidine rings is 1. The van der Waals surface area contributed by atoms with Crippen LogP contribution in [-0.4, -0.2) is 42.4 Å². The summed E-state index contributed by atoms with van der Waals surface area (Å²) in [5.74, 6) is 0. The normalized spacial score (nSPS) is 36.6. The zero-order valence-corrected chi connectivity index (χ0v) is 13.0. The fraction of sp³-hybridized carbons (Fsp3) is 0.611. The zero-order valence-electron chi connectivity index (χ0n) is 13.0. The molecular weight excluding hydrogens is 276 g/mol. The third-order valence-corrected chi connectivity index (χ3v) is 5.86. The number of rotatable bonds is 2. The van der Waals surface area contributed by atoms with Crippen molar-refractivity contribution in [3.63, 3.8) is 0 Å². The van der Waals surface area contributed by atoms with Crippen LogP contribution in [-0.2, 0) is 15.8 Å². The van der Waals surface area contributed by atoms with E-state index in [4.69, 9.17) is 4.74 Å². The van der Waals surface area contributed by atoms with Crippen molar-refractivity contribution in [1.29, 1.82) is 5.26 Å². The first kappa shape index (κ1) is 14.2. The Labute approximate surface area is 131 Å². The number of likely N-dealkylation sites (N-methyl/N-ethyl adjacent to an activating group) is 1. The predicted octanol–water partition coefficient (Wildman–Crippen LogP) is 1.92. The number of benzene rings is 1. The highest BCUT2D eigenvalue weighted by atomic mass is 16.5. The first-order valence-electron chi connectivity index (χ1n) is 8.11. The van der Waals surface area contributed by atoms with Gasteiger partial charge in [-0.25, -0.2) is 0 Å². The molecule has 4 rings (SSSR count). The van der Waals surface area contributed by atoms with E-state index in [-0.39, 0.29) is 17.5 Å². The second-order valence-electron chi connectivity index (χ2n) is 7.22. The highest BCUT2D eigenvalue weighted by Crippen LogP contribution is 2.48. The van der Waals surface area contributed by atoms with Crippen LogP contribution in [0.1, 0.15) is 36.8 Å². The first-order valence-corrected chi connectivity index (χ1v) is 8.11. The van der Waals surface area contributed by atoms with E-state index in [0.717, 1.165) is 24.0 Å². The molecule has 116 valence electrons. The van der Waals surface area contributed by atoms with Crippen molar-refractivity contribution in [2.24, 2.45) is 0 Å². The van der Waals surface area contributed by atoms with E-state index in [2.05, 4.69) is 18.0 Å². The van der Waals surface area contributed by atoms with Gasteiger partial charge in [0, 0.05) is 12.1 Å². The molecule has 2 unspecified atom stereocenters. The van der Waals surface area contributed by atoms with Crippen molar-refractivity contribution in [2.45, 2.75) is 48.8 Å². The maximum atomic E-state index is 11.2. The van der Waals surface area contributed by atoms with Gasteiger partial charge in [-0.15, -0.1) is 0 Å². The summed E-state index contributed by atoms with van der Waals surface area (Å²) in [6, 6.07) is 11.1. The molecule has 2 saturated heterocycles. The first-order chi connectivity index (χ1) is 10.6. The summed E-state index contributed by atoms with van der Waals surface area (Å²) in [6.07, 6.45) is 3.34. The molecule has 2 bridgehead atoms. The minimum atomic E-state index is -0.770. The molecule has 0 amide bonds. The van der Waals surface area contributed by atoms with Crippen LogP contribution >= 0.6 is 0 Å². The highest BCUT2D eigenvalue weighted by molar-refractivity contribution is 5.41. The topological polar surface area (TPSA) is 56.5 Å². The van der Waals surface area contributed by atoms with Crippen LogP contribution in [0.2, 0.25) is 0 Å². The summed E-state index contributed by atoms with van der Waals surface area (Å²) in [5, 5.41) is 20.5. The van der Waals surface area contributed by atoms with Gasteiger partial charge in [0.1, 0.15) is 0 Å². The second kappa shape index (κ2) is 4.79. The number of ether oxygens (including phenoxy) is 1. The van der Waals surface area contributed by atoms with Crippen LogP contribution in [0.15, 0.2) is 24.3 Å². The summed E-state index contributed by atoms with van der Waals surface area (Å²) < 4.78 is 5.63. The molecule has 1 aromatic rings. The number of nitriles is 1. The highest BCUT2D eigenvalue weighted by Gasteiger charge is 2.47. The Kier molecular flexibility index (Phi) is 3.09. The van der Waals surface area contributed by atoms with Gasteiger partial charge in [0.05, 0.1) is 30.3 Å². The third kappa shape index (κ3) is 2.08. The van der Waals surface area contributed by atoms with Gasteiger partial charge >= 0.3 is 0 Å². The van der Waals surface area contributed by atoms with E-state index in [1.165, 1.54) is 0 Å². The number of hydrogen-bond acceptors (Lipinski definition) is 4. The molecule has 1 N–H and O–H groups in total. The molecule has 0 aromatic heterocycles. The quantitative estimate of drug-likeness (QED) is 0.906. The third-order valence-electron chi connectivity index (χ3n) is 5.86. The van der Waals surface area contributed by atoms with Crippen LogP contribution in [0, 0.1) is 11.3 Å². The number of aliphatic hydroxyl groups is 1. The molecule has 2 atom stereocenters. The van der Waals surface area contributed by atoms with Crippen molar-refractivity contribution in [3.8, 4) is 6.07 Å². The minimum Gasteiger partial charge on any atom is -0.385 e. The van der Waals surface area contributed by atoms with Crippen molar-refractivity contribution in [2.75, 3.05) is 20.3 Å². The maximum Gasteiger partial charge on any atom is 0.0928 e. The largest absolute Gasteiger partial charge is 0.385 e. The Morgan fingerprint density at radius 2 is 1.68 bits per heavy atom. The Hall–Kier alpha value is -1.41. The van der Waals surface area contributed by atoms with E-state index in [1.807, 2.05) is 24.3 Å². The fourth-order valence-electron chi connectivity index (χ4n) is 4.07. The average molecular weight is 298 g/mol. The van der Waals surface area contributed by atoms with Crippen LogP contribution in [0.5, 0.6) is 0 Å². The van der Waals surface area contributed by atoms with Gasteiger partial charge in [-0.1, -0.05) is 24.3 Å². The Bertz CT molecular complexity index is 601. The number of morpholine rings is 1. The molecule has 2 aliphatic heterocycles. The molecule has 4 heteroatoms. The van der Waals surface area contributed by atoms with Gasteiger partial charge in [-0.3, -0.25) is 4.90 Å². The summed E-state index contributed by atoms with van der Waals surface area (Å²) >= 11 is 0. The minimum absolute atomic E-state index is 0.252. The van der Waals surface area contributed by atoms with Crippen molar-refractivity contribution in [1.82, 2.24) is 4.90 Å².